The van der Waals surface area contributed by atoms with E-state index in [1.165, 1.54) is 6.92 Å². The number of pyridine rings is 1. The Kier molecular flexibility index (Phi) is 3.15. The number of rotatable bonds is 2. The van der Waals surface area contributed by atoms with E-state index in [2.05, 4.69) is 4.98 Å². The number of halogens is 3. The molecule has 0 aliphatic rings. The van der Waals surface area contributed by atoms with Gasteiger partial charge in [-0.1, -0.05) is 0 Å². The lowest BCUT2D eigenvalue weighted by Crippen LogP contribution is -2.06. The van der Waals surface area contributed by atoms with E-state index >= 15 is 0 Å². The summed E-state index contributed by atoms with van der Waals surface area (Å²) >= 11 is 0. The monoisotopic (exact) mass is 256 g/mol. The van der Waals surface area contributed by atoms with Crippen molar-refractivity contribution >= 4 is 25.4 Å². The van der Waals surface area contributed by atoms with E-state index in [1.54, 1.807) is 0 Å². The first kappa shape index (κ1) is 12.1. The summed E-state index contributed by atoms with van der Waals surface area (Å²) in [6.07, 6.45) is -2.94. The number of nitrogens with zero attached hydrogens (tertiary/aromatic N) is 1. The molecule has 1 heterocycles. The predicted molar refractivity (Wildman–Crippen MR) is 51.4 cm³/mol. The van der Waals surface area contributed by atoms with Gasteiger partial charge < -0.3 is 5.73 Å². The Labute approximate surface area is 89.5 Å². The van der Waals surface area contributed by atoms with Gasteiger partial charge >= 0.3 is 0 Å². The maximum atomic E-state index is 12.3. The zero-order valence-corrected chi connectivity index (χ0v) is 9.11. The summed E-state index contributed by atoms with van der Waals surface area (Å²) in [4.78, 5) is 3.25. The molecule has 0 saturated heterocycles. The standard InChI is InChI=1S/C7H7ClF2N2O2S/c1-3-2-4(11)5(6(9)10)12-7(3)15(8,13)14/h2,6H,11H2,1H3. The molecule has 0 atom stereocenters. The summed E-state index contributed by atoms with van der Waals surface area (Å²) in [5.74, 6) is 0. The second kappa shape index (κ2) is 3.90. The summed E-state index contributed by atoms with van der Waals surface area (Å²) < 4.78 is 46.6. The van der Waals surface area contributed by atoms with E-state index in [-0.39, 0.29) is 11.3 Å². The number of anilines is 1. The molecule has 1 rings (SSSR count). The minimum Gasteiger partial charge on any atom is -0.397 e. The fraction of sp³-hybridized carbons (Fsp3) is 0.286. The molecule has 0 aliphatic carbocycles. The summed E-state index contributed by atoms with van der Waals surface area (Å²) in [6.45, 7) is 1.37. The quantitative estimate of drug-likeness (QED) is 0.820. The molecular weight excluding hydrogens is 250 g/mol. The first-order valence-corrected chi connectivity index (χ1v) is 6.04. The van der Waals surface area contributed by atoms with Crippen molar-refractivity contribution in [2.24, 2.45) is 0 Å². The van der Waals surface area contributed by atoms with Gasteiger partial charge in [0.1, 0.15) is 5.69 Å². The van der Waals surface area contributed by atoms with Gasteiger partial charge in [-0.15, -0.1) is 0 Å². The van der Waals surface area contributed by atoms with Crippen molar-refractivity contribution in [3.8, 4) is 0 Å². The molecule has 1 aromatic heterocycles. The number of alkyl halides is 2. The lowest BCUT2D eigenvalue weighted by Gasteiger charge is -2.07. The van der Waals surface area contributed by atoms with Gasteiger partial charge in [0, 0.05) is 10.7 Å². The van der Waals surface area contributed by atoms with Crippen molar-refractivity contribution in [3.63, 3.8) is 0 Å². The fourth-order valence-electron chi connectivity index (χ4n) is 1.05. The second-order valence-electron chi connectivity index (χ2n) is 2.82. The van der Waals surface area contributed by atoms with Gasteiger partial charge in [-0.05, 0) is 18.6 Å². The van der Waals surface area contributed by atoms with Gasteiger partial charge in [0.2, 0.25) is 0 Å². The molecule has 0 saturated carbocycles. The first-order valence-electron chi connectivity index (χ1n) is 3.73. The Balaban J connectivity index is 3.50. The lowest BCUT2D eigenvalue weighted by molar-refractivity contribution is 0.146. The van der Waals surface area contributed by atoms with Crippen molar-refractivity contribution in [2.75, 3.05) is 5.73 Å². The maximum Gasteiger partial charge on any atom is 0.282 e. The molecule has 0 radical (unpaired) electrons. The van der Waals surface area contributed by atoms with Gasteiger partial charge in [0.05, 0.1) is 5.69 Å². The summed E-state index contributed by atoms with van der Waals surface area (Å²) in [6, 6.07) is 1.10. The zero-order chi connectivity index (χ0) is 11.8. The Morgan fingerprint density at radius 1 is 1.53 bits per heavy atom. The molecular formula is C7H7ClF2N2O2S. The van der Waals surface area contributed by atoms with Gasteiger partial charge in [-0.2, -0.15) is 0 Å². The van der Waals surface area contributed by atoms with Crippen LogP contribution >= 0.6 is 10.7 Å². The van der Waals surface area contributed by atoms with E-state index in [0.717, 1.165) is 6.07 Å². The lowest BCUT2D eigenvalue weighted by atomic mass is 10.2. The smallest absolute Gasteiger partial charge is 0.282 e. The van der Waals surface area contributed by atoms with Crippen LogP contribution in [-0.4, -0.2) is 13.4 Å². The molecule has 15 heavy (non-hydrogen) atoms. The molecule has 0 spiro atoms. The third-order valence-corrected chi connectivity index (χ3v) is 2.98. The van der Waals surface area contributed by atoms with E-state index in [0.29, 0.717) is 0 Å². The van der Waals surface area contributed by atoms with Gasteiger partial charge in [-0.3, -0.25) is 0 Å². The van der Waals surface area contributed by atoms with Crippen LogP contribution in [0.3, 0.4) is 0 Å². The molecule has 84 valence electrons. The molecule has 8 heteroatoms. The van der Waals surface area contributed by atoms with Crippen molar-refractivity contribution in [1.82, 2.24) is 4.98 Å². The predicted octanol–water partition coefficient (Wildman–Crippen LogP) is 1.84. The Hall–Kier alpha value is -0.950. The molecule has 0 amide bonds. The number of hydrogen-bond acceptors (Lipinski definition) is 4. The van der Waals surface area contributed by atoms with Crippen LogP contribution in [0, 0.1) is 6.92 Å². The van der Waals surface area contributed by atoms with Crippen LogP contribution in [0.15, 0.2) is 11.1 Å². The van der Waals surface area contributed by atoms with E-state index in [1.807, 2.05) is 0 Å². The number of nitrogens with two attached hydrogens (primary N) is 1. The van der Waals surface area contributed by atoms with Gasteiger partial charge in [-0.25, -0.2) is 22.2 Å². The molecule has 2 N–H and O–H groups in total. The van der Waals surface area contributed by atoms with Crippen LogP contribution in [0.5, 0.6) is 0 Å². The van der Waals surface area contributed by atoms with Crippen LogP contribution < -0.4 is 5.73 Å². The fourth-order valence-corrected chi connectivity index (χ4v) is 2.17. The van der Waals surface area contributed by atoms with Crippen LogP contribution in [0.1, 0.15) is 17.7 Å². The molecule has 0 aliphatic heterocycles. The highest BCUT2D eigenvalue weighted by atomic mass is 35.7. The van der Waals surface area contributed by atoms with Crippen molar-refractivity contribution < 1.29 is 17.2 Å². The number of aryl methyl sites for hydroxylation is 1. The van der Waals surface area contributed by atoms with Crippen molar-refractivity contribution in [1.29, 1.82) is 0 Å². The third-order valence-electron chi connectivity index (χ3n) is 1.66. The number of hydrogen-bond donors (Lipinski definition) is 1. The average molecular weight is 257 g/mol. The van der Waals surface area contributed by atoms with Crippen LogP contribution in [0.4, 0.5) is 14.5 Å². The number of aromatic nitrogens is 1. The van der Waals surface area contributed by atoms with Crippen LogP contribution in [0.2, 0.25) is 0 Å². The summed E-state index contributed by atoms with van der Waals surface area (Å²) in [5, 5.41) is -0.589. The Bertz CT molecular complexity index is 490. The SMILES string of the molecule is Cc1cc(N)c(C(F)F)nc1S(=O)(=O)Cl. The highest BCUT2D eigenvalue weighted by molar-refractivity contribution is 8.13. The summed E-state index contributed by atoms with van der Waals surface area (Å²) in [5.41, 5.74) is 4.35. The normalized spacial score (nSPS) is 12.1. The van der Waals surface area contributed by atoms with E-state index < -0.39 is 26.2 Å². The maximum absolute atomic E-state index is 12.3. The average Bonchev–Trinajstić information content (AvgIpc) is 2.00. The van der Waals surface area contributed by atoms with Crippen LogP contribution in [-0.2, 0) is 9.05 Å². The van der Waals surface area contributed by atoms with E-state index in [9.17, 15) is 17.2 Å². The topological polar surface area (TPSA) is 73.0 Å². The molecule has 0 bridgehead atoms. The Morgan fingerprint density at radius 2 is 2.07 bits per heavy atom. The molecule has 0 fully saturated rings. The van der Waals surface area contributed by atoms with Gasteiger partial charge in [0.15, 0.2) is 5.03 Å². The third kappa shape index (κ3) is 2.54. The zero-order valence-electron chi connectivity index (χ0n) is 7.54. The van der Waals surface area contributed by atoms with Gasteiger partial charge in [0.25, 0.3) is 15.5 Å². The van der Waals surface area contributed by atoms with Crippen molar-refractivity contribution in [3.05, 3.63) is 17.3 Å². The second-order valence-corrected chi connectivity index (χ2v) is 5.30. The molecule has 4 nitrogen and oxygen atoms in total. The highest BCUT2D eigenvalue weighted by Crippen LogP contribution is 2.27. The minimum absolute atomic E-state index is 0.131. The molecule has 0 unspecified atom stereocenters. The van der Waals surface area contributed by atoms with E-state index in [4.69, 9.17) is 16.4 Å². The van der Waals surface area contributed by atoms with Crippen molar-refractivity contribution in [2.45, 2.75) is 18.4 Å². The molecule has 0 aromatic carbocycles. The highest BCUT2D eigenvalue weighted by Gasteiger charge is 2.21. The Morgan fingerprint density at radius 3 is 2.47 bits per heavy atom. The number of nitrogen functional groups attached to an aromatic ring is 1. The molecule has 1 aromatic rings. The first-order chi connectivity index (χ1) is 6.73. The minimum atomic E-state index is -4.13. The van der Waals surface area contributed by atoms with Crippen LogP contribution in [0.25, 0.3) is 0 Å². The largest absolute Gasteiger partial charge is 0.397 e. The summed E-state index contributed by atoms with van der Waals surface area (Å²) in [7, 11) is 0.883.